The average Bonchev–Trinajstić information content (AvgIpc) is 1.92. The van der Waals surface area contributed by atoms with E-state index in [1.165, 1.54) is 21.1 Å². The quantitative estimate of drug-likeness (QED) is 0.431. The van der Waals surface area contributed by atoms with Gasteiger partial charge in [0.2, 0.25) is 0 Å². The number of rotatable bonds is 3. The van der Waals surface area contributed by atoms with Crippen LogP contribution in [0, 0.1) is 0 Å². The van der Waals surface area contributed by atoms with E-state index in [0.717, 1.165) is 0 Å². The Labute approximate surface area is 60.8 Å². The van der Waals surface area contributed by atoms with Gasteiger partial charge in [0.25, 0.3) is 0 Å². The minimum absolute atomic E-state index is 0.160. The first-order valence-electron chi connectivity index (χ1n) is 3.13. The maximum Gasteiger partial charge on any atom is 0.375 e. The van der Waals surface area contributed by atoms with Gasteiger partial charge in [0.05, 0.1) is 6.92 Å². The molecule has 0 saturated carbocycles. The van der Waals surface area contributed by atoms with Crippen molar-refractivity contribution in [2.45, 2.75) is 13.8 Å². The summed E-state index contributed by atoms with van der Waals surface area (Å²) in [4.78, 5) is 20.2. The molecule has 0 radical (unpaired) electrons. The summed E-state index contributed by atoms with van der Waals surface area (Å²) >= 11 is 0. The standard InChI is InChI=1S/C6H14NO3/c1-5-7(9-3,10-4)6(2)8/h5H2,1-4H3/q+1. The molecule has 0 aliphatic rings. The van der Waals surface area contributed by atoms with Crippen LogP contribution in [-0.2, 0) is 14.5 Å². The number of amides is 1. The summed E-state index contributed by atoms with van der Waals surface area (Å²) < 4.78 is 0. The predicted octanol–water partition coefficient (Wildman–Crippen LogP) is 0.492. The number of nitrogens with zero attached hydrogens (tertiary/aromatic N) is 1. The van der Waals surface area contributed by atoms with Gasteiger partial charge in [-0.3, -0.25) is 0 Å². The van der Waals surface area contributed by atoms with E-state index in [9.17, 15) is 4.79 Å². The van der Waals surface area contributed by atoms with Crippen LogP contribution in [-0.4, -0.2) is 31.5 Å². The molecule has 0 heterocycles. The monoisotopic (exact) mass is 148 g/mol. The first kappa shape index (κ1) is 9.55. The lowest BCUT2D eigenvalue weighted by Gasteiger charge is -2.23. The molecule has 10 heavy (non-hydrogen) atoms. The van der Waals surface area contributed by atoms with Gasteiger partial charge in [-0.1, -0.05) is 0 Å². The summed E-state index contributed by atoms with van der Waals surface area (Å²) in [6.45, 7) is 3.72. The van der Waals surface area contributed by atoms with E-state index in [0.29, 0.717) is 6.54 Å². The van der Waals surface area contributed by atoms with Crippen LogP contribution in [0.3, 0.4) is 0 Å². The van der Waals surface area contributed by atoms with Crippen LogP contribution in [0.4, 0.5) is 0 Å². The Morgan fingerprint density at radius 2 is 1.80 bits per heavy atom. The molecule has 0 aliphatic carbocycles. The Hall–Kier alpha value is -0.450. The predicted molar refractivity (Wildman–Crippen MR) is 35.5 cm³/mol. The van der Waals surface area contributed by atoms with E-state index in [2.05, 4.69) is 0 Å². The minimum Gasteiger partial charge on any atom is -0.224 e. The van der Waals surface area contributed by atoms with Crippen molar-refractivity contribution in [2.75, 3.05) is 20.8 Å². The second-order valence-corrected chi connectivity index (χ2v) is 1.87. The van der Waals surface area contributed by atoms with Crippen molar-refractivity contribution < 1.29 is 19.3 Å². The molecule has 0 aromatic rings. The molecule has 0 bridgehead atoms. The highest BCUT2D eigenvalue weighted by Gasteiger charge is 2.33. The Kier molecular flexibility index (Phi) is 3.49. The topological polar surface area (TPSA) is 35.5 Å². The molecule has 0 spiro atoms. The normalized spacial score (nSPS) is 11.6. The lowest BCUT2D eigenvalue weighted by Crippen LogP contribution is -2.49. The molecule has 0 unspecified atom stereocenters. The van der Waals surface area contributed by atoms with Crippen LogP contribution < -0.4 is 0 Å². The zero-order chi connectivity index (χ0) is 8.20. The molecule has 0 fully saturated rings. The van der Waals surface area contributed by atoms with Crippen molar-refractivity contribution in [3.8, 4) is 0 Å². The molecule has 0 atom stereocenters. The third kappa shape index (κ3) is 1.53. The SMILES string of the molecule is CC[N+](OC)(OC)C(C)=O. The Bertz CT molecular complexity index is 112. The van der Waals surface area contributed by atoms with Crippen molar-refractivity contribution in [3.05, 3.63) is 0 Å². The molecular formula is C6H14NO3+. The third-order valence-electron chi connectivity index (χ3n) is 1.49. The number of hydrogen-bond donors (Lipinski definition) is 0. The molecule has 0 rings (SSSR count). The molecular weight excluding hydrogens is 134 g/mol. The number of hydroxylamine groups is 4. The van der Waals surface area contributed by atoms with Crippen LogP contribution in [0.15, 0.2) is 0 Å². The third-order valence-corrected chi connectivity index (χ3v) is 1.49. The molecule has 0 aromatic heterocycles. The van der Waals surface area contributed by atoms with E-state index in [-0.39, 0.29) is 10.7 Å². The van der Waals surface area contributed by atoms with E-state index >= 15 is 0 Å². The summed E-state index contributed by atoms with van der Waals surface area (Å²) in [5, 5.41) is 0. The van der Waals surface area contributed by atoms with Crippen LogP contribution in [0.2, 0.25) is 0 Å². The molecule has 60 valence electrons. The molecule has 0 N–H and O–H groups in total. The van der Waals surface area contributed by atoms with Crippen LogP contribution >= 0.6 is 0 Å². The van der Waals surface area contributed by atoms with Gasteiger partial charge in [-0.15, -0.1) is 0 Å². The lowest BCUT2D eigenvalue weighted by molar-refractivity contribution is -1.18. The first-order valence-corrected chi connectivity index (χ1v) is 3.13. The largest absolute Gasteiger partial charge is 0.375 e. The van der Waals surface area contributed by atoms with Gasteiger partial charge in [-0.25, -0.2) is 4.79 Å². The van der Waals surface area contributed by atoms with Crippen molar-refractivity contribution in [3.63, 3.8) is 0 Å². The van der Waals surface area contributed by atoms with Gasteiger partial charge in [0.1, 0.15) is 20.8 Å². The second-order valence-electron chi connectivity index (χ2n) is 1.87. The zero-order valence-electron chi connectivity index (χ0n) is 6.88. The molecule has 0 aliphatic heterocycles. The maximum absolute atomic E-state index is 10.9. The van der Waals surface area contributed by atoms with Gasteiger partial charge in [-0.2, -0.15) is 9.68 Å². The van der Waals surface area contributed by atoms with Crippen molar-refractivity contribution in [2.24, 2.45) is 0 Å². The number of carbonyl (C=O) groups excluding carboxylic acids is 1. The van der Waals surface area contributed by atoms with Crippen molar-refractivity contribution >= 4 is 5.91 Å². The maximum atomic E-state index is 10.9. The number of carbonyl (C=O) groups is 1. The number of quaternary nitrogens is 1. The smallest absolute Gasteiger partial charge is 0.224 e. The summed E-state index contributed by atoms with van der Waals surface area (Å²) in [7, 11) is 2.88. The Morgan fingerprint density at radius 1 is 1.40 bits per heavy atom. The summed E-state index contributed by atoms with van der Waals surface area (Å²) in [6.07, 6.45) is 0. The second kappa shape index (κ2) is 3.65. The highest BCUT2D eigenvalue weighted by atomic mass is 17.0. The summed E-state index contributed by atoms with van der Waals surface area (Å²) in [5.74, 6) is -0.160. The van der Waals surface area contributed by atoms with E-state index in [1.54, 1.807) is 0 Å². The Morgan fingerprint density at radius 3 is 1.80 bits per heavy atom. The zero-order valence-corrected chi connectivity index (χ0v) is 6.88. The minimum atomic E-state index is -0.375. The van der Waals surface area contributed by atoms with Crippen LogP contribution in [0.25, 0.3) is 0 Å². The van der Waals surface area contributed by atoms with E-state index < -0.39 is 0 Å². The fourth-order valence-electron chi connectivity index (χ4n) is 0.813. The highest BCUT2D eigenvalue weighted by molar-refractivity contribution is 5.64. The van der Waals surface area contributed by atoms with Crippen molar-refractivity contribution in [1.29, 1.82) is 0 Å². The van der Waals surface area contributed by atoms with E-state index in [1.807, 2.05) is 6.92 Å². The molecule has 4 heteroatoms. The molecule has 0 saturated heterocycles. The lowest BCUT2D eigenvalue weighted by atomic mass is 10.6. The van der Waals surface area contributed by atoms with Crippen LogP contribution in [0.5, 0.6) is 0 Å². The number of hydrogen-bond acceptors (Lipinski definition) is 3. The summed E-state index contributed by atoms with van der Waals surface area (Å²) in [6, 6.07) is 0. The van der Waals surface area contributed by atoms with Crippen LogP contribution in [0.1, 0.15) is 13.8 Å². The van der Waals surface area contributed by atoms with Crippen molar-refractivity contribution in [1.82, 2.24) is 0 Å². The molecule has 4 nitrogen and oxygen atoms in total. The van der Waals surface area contributed by atoms with E-state index in [4.69, 9.17) is 9.68 Å². The fraction of sp³-hybridized carbons (Fsp3) is 0.833. The van der Waals surface area contributed by atoms with Gasteiger partial charge >= 0.3 is 5.91 Å². The Balaban J connectivity index is 4.31. The average molecular weight is 148 g/mol. The van der Waals surface area contributed by atoms with Gasteiger partial charge in [0.15, 0.2) is 0 Å². The summed E-state index contributed by atoms with van der Waals surface area (Å²) in [5.41, 5.74) is 0. The van der Waals surface area contributed by atoms with Gasteiger partial charge in [-0.05, 0) is 6.92 Å². The molecule has 0 aromatic carbocycles. The van der Waals surface area contributed by atoms with Gasteiger partial charge < -0.3 is 0 Å². The molecule has 1 amide bonds. The highest BCUT2D eigenvalue weighted by Crippen LogP contribution is 2.06. The first-order chi connectivity index (χ1) is 4.63. The van der Waals surface area contributed by atoms with Gasteiger partial charge in [0, 0.05) is 4.81 Å². The fourth-order valence-corrected chi connectivity index (χ4v) is 0.813.